The molecule has 8 heteroatoms. The number of carbonyl (C=O) groups is 1. The molecule has 2 N–H and O–H groups in total. The summed E-state index contributed by atoms with van der Waals surface area (Å²) in [6, 6.07) is 14.5. The second kappa shape index (κ2) is 9.11. The normalized spacial score (nSPS) is 11.0. The van der Waals surface area contributed by atoms with E-state index >= 15 is 0 Å². The molecule has 2 aromatic heterocycles. The summed E-state index contributed by atoms with van der Waals surface area (Å²) in [5.41, 5.74) is 2.85. The Morgan fingerprint density at radius 2 is 1.87 bits per heavy atom. The van der Waals surface area contributed by atoms with Crippen LogP contribution < -0.4 is 14.8 Å². The molecular formula is C23H19Br2N3O3. The molecule has 4 aromatic rings. The number of rotatable bonds is 5. The van der Waals surface area contributed by atoms with Crippen molar-refractivity contribution in [3.8, 4) is 17.4 Å². The lowest BCUT2D eigenvalue weighted by Gasteiger charge is -2.13. The average molecular weight is 545 g/mol. The summed E-state index contributed by atoms with van der Waals surface area (Å²) < 4.78 is 12.7. The molecule has 0 spiro atoms. The van der Waals surface area contributed by atoms with Gasteiger partial charge in [-0.3, -0.25) is 5.32 Å². The molecule has 4 rings (SSSR count). The van der Waals surface area contributed by atoms with Crippen LogP contribution in [0.15, 0.2) is 69.9 Å². The number of amides is 1. The topological polar surface area (TPSA) is 76.2 Å². The first kappa shape index (κ1) is 21.4. The van der Waals surface area contributed by atoms with Gasteiger partial charge in [0.2, 0.25) is 5.88 Å². The first-order valence-electron chi connectivity index (χ1n) is 9.58. The van der Waals surface area contributed by atoms with Gasteiger partial charge in [0.1, 0.15) is 5.75 Å². The van der Waals surface area contributed by atoms with Crippen molar-refractivity contribution in [1.29, 1.82) is 0 Å². The molecule has 0 radical (unpaired) electrons. The predicted molar refractivity (Wildman–Crippen MR) is 128 cm³/mol. The molecule has 0 atom stereocenters. The third-order valence-corrected chi connectivity index (χ3v) is 5.78. The highest BCUT2D eigenvalue weighted by molar-refractivity contribution is 9.11. The molecule has 2 heterocycles. The van der Waals surface area contributed by atoms with Crippen LogP contribution in [0.25, 0.3) is 10.9 Å². The van der Waals surface area contributed by atoms with E-state index in [-0.39, 0.29) is 5.88 Å². The fourth-order valence-electron chi connectivity index (χ4n) is 3.16. The fraction of sp³-hybridized carbons (Fsp3) is 0.130. The van der Waals surface area contributed by atoms with Gasteiger partial charge in [-0.15, -0.1) is 0 Å². The van der Waals surface area contributed by atoms with Crippen LogP contribution in [0.2, 0.25) is 0 Å². The number of fused-ring (bicyclic) bond motifs is 1. The van der Waals surface area contributed by atoms with Gasteiger partial charge in [-0.1, -0.05) is 19.9 Å². The number of nitrogens with zero attached hydrogens (tertiary/aromatic N) is 1. The van der Waals surface area contributed by atoms with Gasteiger partial charge < -0.3 is 14.5 Å². The Morgan fingerprint density at radius 1 is 1.10 bits per heavy atom. The van der Waals surface area contributed by atoms with E-state index in [0.717, 1.165) is 10.9 Å². The number of hydrogen-bond acceptors (Lipinski definition) is 4. The second-order valence-corrected chi connectivity index (χ2v) is 8.87. The number of anilines is 1. The Labute approximate surface area is 196 Å². The molecule has 158 valence electrons. The summed E-state index contributed by atoms with van der Waals surface area (Å²) in [4.78, 5) is 19.4. The summed E-state index contributed by atoms with van der Waals surface area (Å²) >= 11 is 7.05. The highest BCUT2D eigenvalue weighted by Gasteiger charge is 2.14. The summed E-state index contributed by atoms with van der Waals surface area (Å²) in [7, 11) is 0. The minimum Gasteiger partial charge on any atom is -0.455 e. The maximum atomic E-state index is 12.1. The van der Waals surface area contributed by atoms with E-state index in [9.17, 15) is 4.79 Å². The molecule has 0 aliphatic heterocycles. The van der Waals surface area contributed by atoms with Crippen molar-refractivity contribution >= 4 is 54.5 Å². The lowest BCUT2D eigenvalue weighted by molar-refractivity contribution is 0.213. The summed E-state index contributed by atoms with van der Waals surface area (Å²) in [6.45, 7) is 4.32. The molecule has 2 aromatic carbocycles. The summed E-state index contributed by atoms with van der Waals surface area (Å²) in [5, 5.41) is 3.82. The minimum atomic E-state index is -0.634. The molecule has 1 amide bonds. The summed E-state index contributed by atoms with van der Waals surface area (Å²) in [5.74, 6) is 1.94. The molecule has 0 unspecified atom stereocenters. The Balaban J connectivity index is 1.53. The van der Waals surface area contributed by atoms with E-state index in [0.29, 0.717) is 32.0 Å². The van der Waals surface area contributed by atoms with Gasteiger partial charge in [0.25, 0.3) is 0 Å². The van der Waals surface area contributed by atoms with E-state index < -0.39 is 6.09 Å². The lowest BCUT2D eigenvalue weighted by Crippen LogP contribution is -2.17. The van der Waals surface area contributed by atoms with Crippen LogP contribution in [0.1, 0.15) is 25.3 Å². The second-order valence-electron chi connectivity index (χ2n) is 7.16. The average Bonchev–Trinajstić information content (AvgIpc) is 3.15. The van der Waals surface area contributed by atoms with Crippen molar-refractivity contribution in [2.24, 2.45) is 0 Å². The smallest absolute Gasteiger partial charge is 0.418 e. The van der Waals surface area contributed by atoms with Gasteiger partial charge in [-0.05, 0) is 79.7 Å². The monoisotopic (exact) mass is 543 g/mol. The van der Waals surface area contributed by atoms with Crippen LogP contribution in [-0.4, -0.2) is 16.1 Å². The van der Waals surface area contributed by atoms with Crippen LogP contribution in [0.3, 0.4) is 0 Å². The SMILES string of the molecule is CC(C)c1c[nH]c2ccc(Oc3c(Br)cc(NC(=O)Oc4ccccn4)cc3Br)cc12. The zero-order valence-electron chi connectivity index (χ0n) is 16.8. The van der Waals surface area contributed by atoms with Crippen LogP contribution in [0.4, 0.5) is 10.5 Å². The van der Waals surface area contributed by atoms with Crippen molar-refractivity contribution in [2.45, 2.75) is 19.8 Å². The fourth-order valence-corrected chi connectivity index (χ4v) is 4.50. The molecule has 0 saturated heterocycles. The molecule has 0 aliphatic rings. The number of benzene rings is 2. The van der Waals surface area contributed by atoms with Gasteiger partial charge >= 0.3 is 6.09 Å². The zero-order valence-corrected chi connectivity index (χ0v) is 20.0. The van der Waals surface area contributed by atoms with Crippen LogP contribution in [-0.2, 0) is 0 Å². The quantitative estimate of drug-likeness (QED) is 0.271. The Bertz CT molecular complexity index is 1220. The van der Waals surface area contributed by atoms with Crippen molar-refractivity contribution < 1.29 is 14.3 Å². The highest BCUT2D eigenvalue weighted by atomic mass is 79.9. The molecular weight excluding hydrogens is 526 g/mol. The van der Waals surface area contributed by atoms with E-state index in [1.807, 2.05) is 24.4 Å². The molecule has 0 aliphatic carbocycles. The third kappa shape index (κ3) is 4.91. The van der Waals surface area contributed by atoms with Crippen LogP contribution in [0.5, 0.6) is 17.4 Å². The van der Waals surface area contributed by atoms with Gasteiger partial charge in [-0.2, -0.15) is 0 Å². The Kier molecular flexibility index (Phi) is 6.29. The zero-order chi connectivity index (χ0) is 22.0. The van der Waals surface area contributed by atoms with Crippen molar-refractivity contribution in [2.75, 3.05) is 5.32 Å². The van der Waals surface area contributed by atoms with Gasteiger partial charge in [-0.25, -0.2) is 9.78 Å². The first-order chi connectivity index (χ1) is 14.9. The number of hydrogen-bond donors (Lipinski definition) is 2. The largest absolute Gasteiger partial charge is 0.455 e. The van der Waals surface area contributed by atoms with Crippen molar-refractivity contribution in [1.82, 2.24) is 9.97 Å². The number of H-pyrrole nitrogens is 1. The Morgan fingerprint density at radius 3 is 2.55 bits per heavy atom. The number of pyridine rings is 1. The van der Waals surface area contributed by atoms with Crippen LogP contribution >= 0.6 is 31.9 Å². The van der Waals surface area contributed by atoms with E-state index in [4.69, 9.17) is 9.47 Å². The maximum absolute atomic E-state index is 12.1. The van der Waals surface area contributed by atoms with Crippen LogP contribution in [0, 0.1) is 0 Å². The standard InChI is InChI=1S/C23H19Br2N3O3/c1-13(2)17-12-27-20-7-6-15(11-16(17)20)30-22-18(24)9-14(10-19(22)25)28-23(29)31-21-5-3-4-8-26-21/h3-13,27H,1-2H3,(H,28,29). The van der Waals surface area contributed by atoms with Gasteiger partial charge in [0.15, 0.2) is 5.75 Å². The first-order valence-corrected chi connectivity index (χ1v) is 11.2. The number of halogens is 2. The van der Waals surface area contributed by atoms with E-state index in [2.05, 4.69) is 61.0 Å². The molecule has 0 saturated carbocycles. The number of nitrogens with one attached hydrogen (secondary N) is 2. The van der Waals surface area contributed by atoms with E-state index in [1.54, 1.807) is 36.5 Å². The molecule has 6 nitrogen and oxygen atoms in total. The molecule has 0 bridgehead atoms. The maximum Gasteiger partial charge on any atom is 0.418 e. The van der Waals surface area contributed by atoms with Gasteiger partial charge in [0, 0.05) is 35.1 Å². The lowest BCUT2D eigenvalue weighted by atomic mass is 10.0. The number of carbonyl (C=O) groups excluding carboxylic acids is 1. The predicted octanol–water partition coefficient (Wildman–Crippen LogP) is 7.61. The van der Waals surface area contributed by atoms with E-state index in [1.165, 1.54) is 5.56 Å². The Hall–Kier alpha value is -2.84. The summed E-state index contributed by atoms with van der Waals surface area (Å²) in [6.07, 6.45) is 2.96. The number of aromatic amines is 1. The third-order valence-electron chi connectivity index (χ3n) is 4.61. The van der Waals surface area contributed by atoms with Gasteiger partial charge in [0.05, 0.1) is 8.95 Å². The minimum absolute atomic E-state index is 0.221. The number of aromatic nitrogens is 2. The van der Waals surface area contributed by atoms with Crippen molar-refractivity contribution in [3.63, 3.8) is 0 Å². The number of ether oxygens (including phenoxy) is 2. The molecule has 31 heavy (non-hydrogen) atoms. The highest BCUT2D eigenvalue weighted by Crippen LogP contribution is 2.40. The van der Waals surface area contributed by atoms with Crippen molar-refractivity contribution in [3.05, 3.63) is 75.4 Å². The molecule has 0 fully saturated rings.